The van der Waals surface area contributed by atoms with E-state index in [1.54, 1.807) is 21.3 Å². The molecule has 0 amide bonds. The molecular weight excluding hydrogens is 381 g/mol. The van der Waals surface area contributed by atoms with Crippen LogP contribution < -0.4 is 19.5 Å². The summed E-state index contributed by atoms with van der Waals surface area (Å²) in [4.78, 5) is 0. The fraction of sp³-hybridized carbons (Fsp3) is 0.280. The third kappa shape index (κ3) is 5.51. The fourth-order valence-corrected chi connectivity index (χ4v) is 3.62. The van der Waals surface area contributed by atoms with Crippen molar-refractivity contribution in [2.24, 2.45) is 0 Å². The minimum Gasteiger partial charge on any atom is -0.497 e. The van der Waals surface area contributed by atoms with Gasteiger partial charge in [0.05, 0.1) is 27.9 Å². The number of methoxy groups -OCH3 is 3. The zero-order valence-electron chi connectivity index (χ0n) is 17.7. The van der Waals surface area contributed by atoms with E-state index in [1.807, 2.05) is 36.4 Å². The maximum Gasteiger partial charge on any atom is 0.161 e. The van der Waals surface area contributed by atoms with E-state index in [2.05, 4.69) is 23.5 Å². The summed E-state index contributed by atoms with van der Waals surface area (Å²) in [5.41, 5.74) is 3.48. The molecule has 1 atom stereocenters. The molecule has 0 heterocycles. The highest BCUT2D eigenvalue weighted by molar-refractivity contribution is 5.42. The number of hydrogen-bond donors (Lipinski definition) is 1. The van der Waals surface area contributed by atoms with Gasteiger partial charge >= 0.3 is 0 Å². The average molecular weight is 411 g/mol. The molecule has 0 fully saturated rings. The van der Waals surface area contributed by atoms with E-state index in [4.69, 9.17) is 14.2 Å². The Morgan fingerprint density at radius 1 is 0.767 bits per heavy atom. The summed E-state index contributed by atoms with van der Waals surface area (Å²) in [7, 11) is 4.95. The van der Waals surface area contributed by atoms with Crippen molar-refractivity contribution in [3.8, 4) is 17.2 Å². The van der Waals surface area contributed by atoms with Crippen LogP contribution in [0.5, 0.6) is 17.2 Å². The molecule has 0 aliphatic heterocycles. The van der Waals surface area contributed by atoms with Crippen molar-refractivity contribution in [2.45, 2.75) is 18.9 Å². The maximum atomic E-state index is 13.4. The van der Waals surface area contributed by atoms with Crippen LogP contribution in [0.4, 0.5) is 4.39 Å². The summed E-state index contributed by atoms with van der Waals surface area (Å²) in [5.74, 6) is 2.28. The zero-order valence-corrected chi connectivity index (χ0v) is 17.7. The summed E-state index contributed by atoms with van der Waals surface area (Å²) in [6.45, 7) is 1.78. The Hall–Kier alpha value is -3.05. The van der Waals surface area contributed by atoms with Gasteiger partial charge in [-0.25, -0.2) is 4.39 Å². The van der Waals surface area contributed by atoms with Gasteiger partial charge in [0.2, 0.25) is 0 Å². The van der Waals surface area contributed by atoms with Crippen molar-refractivity contribution < 1.29 is 23.9 Å². The standard InChI is InChI=1S/C25H28FNO3/c1-28-22-11-7-20(8-12-22)23(19-5-9-21(26)10-6-19)14-15-27-17-18-4-13-24(29-2)25(16-18)30-3/h4-13,16,23,27H,14-15,17H2,1-3H3/p+1/t23-/m0/s1. The molecule has 0 bridgehead atoms. The molecule has 3 aromatic carbocycles. The number of rotatable bonds is 10. The minimum atomic E-state index is -0.216. The third-order valence-electron chi connectivity index (χ3n) is 5.28. The first-order valence-corrected chi connectivity index (χ1v) is 10.1. The first-order valence-electron chi connectivity index (χ1n) is 10.1. The van der Waals surface area contributed by atoms with Crippen LogP contribution in [0, 0.1) is 5.82 Å². The average Bonchev–Trinajstić information content (AvgIpc) is 2.80. The van der Waals surface area contributed by atoms with Crippen molar-refractivity contribution in [3.05, 3.63) is 89.2 Å². The summed E-state index contributed by atoms with van der Waals surface area (Å²) < 4.78 is 29.4. The Morgan fingerprint density at radius 3 is 2.00 bits per heavy atom. The Morgan fingerprint density at radius 2 is 1.40 bits per heavy atom. The van der Waals surface area contributed by atoms with E-state index < -0.39 is 0 Å². The second-order valence-corrected chi connectivity index (χ2v) is 7.14. The maximum absolute atomic E-state index is 13.4. The van der Waals surface area contributed by atoms with Gasteiger partial charge in [-0.3, -0.25) is 0 Å². The van der Waals surface area contributed by atoms with Gasteiger partial charge in [-0.1, -0.05) is 24.3 Å². The van der Waals surface area contributed by atoms with Crippen LogP contribution >= 0.6 is 0 Å². The van der Waals surface area contributed by atoms with Gasteiger partial charge in [0.25, 0.3) is 0 Å². The molecular formula is C25H29FNO3+. The van der Waals surface area contributed by atoms with Crippen LogP contribution in [0.1, 0.15) is 29.0 Å². The Kier molecular flexibility index (Phi) is 7.69. The number of hydrogen-bond acceptors (Lipinski definition) is 3. The number of ether oxygens (including phenoxy) is 3. The Labute approximate surface area is 177 Å². The molecule has 0 aliphatic carbocycles. The summed E-state index contributed by atoms with van der Waals surface area (Å²) >= 11 is 0. The summed E-state index contributed by atoms with van der Waals surface area (Å²) in [6.07, 6.45) is 0.936. The number of quaternary nitrogens is 1. The van der Waals surface area contributed by atoms with E-state index in [0.717, 1.165) is 42.3 Å². The second-order valence-electron chi connectivity index (χ2n) is 7.14. The highest BCUT2D eigenvalue weighted by Gasteiger charge is 2.16. The SMILES string of the molecule is COc1ccc([C@@H](CC[NH2+]Cc2ccc(OC)c(OC)c2)c2ccc(F)cc2)cc1. The molecule has 30 heavy (non-hydrogen) atoms. The highest BCUT2D eigenvalue weighted by Crippen LogP contribution is 2.29. The molecule has 0 saturated heterocycles. The molecule has 0 radical (unpaired) electrons. The lowest BCUT2D eigenvalue weighted by Crippen LogP contribution is -2.82. The number of halogens is 1. The van der Waals surface area contributed by atoms with Crippen molar-refractivity contribution in [1.82, 2.24) is 0 Å². The van der Waals surface area contributed by atoms with Crippen LogP contribution in [0.3, 0.4) is 0 Å². The smallest absolute Gasteiger partial charge is 0.161 e. The van der Waals surface area contributed by atoms with Crippen LogP contribution in [0.2, 0.25) is 0 Å². The van der Waals surface area contributed by atoms with Gasteiger partial charge in [-0.15, -0.1) is 0 Å². The van der Waals surface area contributed by atoms with Gasteiger partial charge in [0.1, 0.15) is 18.1 Å². The second kappa shape index (κ2) is 10.6. The molecule has 3 aromatic rings. The Balaban J connectivity index is 1.67. The molecule has 0 unspecified atom stereocenters. The monoisotopic (exact) mass is 410 g/mol. The first kappa shape index (κ1) is 21.7. The van der Waals surface area contributed by atoms with Gasteiger partial charge < -0.3 is 19.5 Å². The lowest BCUT2D eigenvalue weighted by Gasteiger charge is -2.18. The van der Waals surface area contributed by atoms with E-state index in [0.29, 0.717) is 0 Å². The van der Waals surface area contributed by atoms with Crippen LogP contribution in [-0.4, -0.2) is 27.9 Å². The molecule has 4 nitrogen and oxygen atoms in total. The molecule has 0 spiro atoms. The summed E-state index contributed by atoms with van der Waals surface area (Å²) in [5, 5.41) is 2.28. The van der Waals surface area contributed by atoms with Crippen LogP contribution in [0.25, 0.3) is 0 Å². The van der Waals surface area contributed by atoms with Gasteiger partial charge in [-0.2, -0.15) is 0 Å². The first-order chi connectivity index (χ1) is 14.6. The van der Waals surface area contributed by atoms with Gasteiger partial charge in [0, 0.05) is 17.9 Å². The van der Waals surface area contributed by atoms with Crippen LogP contribution in [0.15, 0.2) is 66.7 Å². The van der Waals surface area contributed by atoms with E-state index in [-0.39, 0.29) is 11.7 Å². The quantitative estimate of drug-likeness (QED) is 0.511. The third-order valence-corrected chi connectivity index (χ3v) is 5.28. The normalized spacial score (nSPS) is 11.7. The van der Waals surface area contributed by atoms with Gasteiger partial charge in [0.15, 0.2) is 11.5 Å². The fourth-order valence-electron chi connectivity index (χ4n) is 3.62. The minimum absolute atomic E-state index is 0.193. The zero-order chi connectivity index (χ0) is 21.3. The van der Waals surface area contributed by atoms with E-state index in [1.165, 1.54) is 23.3 Å². The predicted molar refractivity (Wildman–Crippen MR) is 116 cm³/mol. The molecule has 0 aliphatic rings. The molecule has 3 rings (SSSR count). The van der Waals surface area contributed by atoms with E-state index in [9.17, 15) is 4.39 Å². The summed E-state index contributed by atoms with van der Waals surface area (Å²) in [6, 6.07) is 20.9. The largest absolute Gasteiger partial charge is 0.497 e. The number of nitrogens with two attached hydrogens (primary N) is 1. The topological polar surface area (TPSA) is 44.3 Å². The molecule has 2 N–H and O–H groups in total. The van der Waals surface area contributed by atoms with Crippen molar-refractivity contribution in [1.29, 1.82) is 0 Å². The molecule has 158 valence electrons. The van der Waals surface area contributed by atoms with Crippen molar-refractivity contribution in [3.63, 3.8) is 0 Å². The molecule has 5 heteroatoms. The van der Waals surface area contributed by atoms with Crippen LogP contribution in [-0.2, 0) is 6.54 Å². The molecule has 0 saturated carbocycles. The van der Waals surface area contributed by atoms with Crippen molar-refractivity contribution >= 4 is 0 Å². The predicted octanol–water partition coefficient (Wildman–Crippen LogP) is 4.14. The van der Waals surface area contributed by atoms with E-state index >= 15 is 0 Å². The van der Waals surface area contributed by atoms with Gasteiger partial charge in [-0.05, 0) is 53.6 Å². The Bertz CT molecular complexity index is 926. The number of benzene rings is 3. The lowest BCUT2D eigenvalue weighted by atomic mass is 9.88. The lowest BCUT2D eigenvalue weighted by molar-refractivity contribution is -0.671. The van der Waals surface area contributed by atoms with Crippen molar-refractivity contribution in [2.75, 3.05) is 27.9 Å². The molecule has 0 aromatic heterocycles. The highest BCUT2D eigenvalue weighted by atomic mass is 19.1.